The molecule has 5 heteroatoms. The number of carbonyl (C=O) groups excluding carboxylic acids is 1. The second-order valence-corrected chi connectivity index (χ2v) is 6.28. The van der Waals surface area contributed by atoms with E-state index in [-0.39, 0.29) is 11.3 Å². The molecule has 1 amide bonds. The molecular weight excluding hydrogens is 271 g/mol. The Kier molecular flexibility index (Phi) is 3.83. The molecule has 0 aromatic carbocycles. The van der Waals surface area contributed by atoms with Crippen LogP contribution < -0.4 is 0 Å². The van der Waals surface area contributed by atoms with E-state index < -0.39 is 0 Å². The highest BCUT2D eigenvalue weighted by atomic mass is 35.5. The Morgan fingerprint density at radius 2 is 2.17 bits per heavy atom. The molecule has 1 aliphatic heterocycles. The molecule has 0 spiro atoms. The van der Waals surface area contributed by atoms with Gasteiger partial charge in [-0.25, -0.2) is 4.98 Å². The molecule has 2 heterocycles. The maximum Gasteiger partial charge on any atom is 0.255 e. The SMILES string of the molecule is CC1(C)CCCN(C(=O)c2cc(Cl)ncc2Cl)C1. The fourth-order valence-corrected chi connectivity index (χ4v) is 2.69. The third kappa shape index (κ3) is 2.96. The maximum atomic E-state index is 12.4. The second-order valence-electron chi connectivity index (χ2n) is 5.48. The number of pyridine rings is 1. The van der Waals surface area contributed by atoms with Crippen molar-refractivity contribution in [1.82, 2.24) is 9.88 Å². The summed E-state index contributed by atoms with van der Waals surface area (Å²) in [5.41, 5.74) is 0.603. The number of halogens is 2. The number of hydrogen-bond donors (Lipinski definition) is 0. The van der Waals surface area contributed by atoms with Gasteiger partial charge in [0.1, 0.15) is 5.15 Å². The van der Waals surface area contributed by atoms with Crippen molar-refractivity contribution >= 4 is 29.1 Å². The summed E-state index contributed by atoms with van der Waals surface area (Å²) in [5.74, 6) is -0.0583. The van der Waals surface area contributed by atoms with Crippen LogP contribution in [0, 0.1) is 5.41 Å². The normalized spacial score (nSPS) is 18.8. The summed E-state index contributed by atoms with van der Waals surface area (Å²) in [6.07, 6.45) is 3.59. The van der Waals surface area contributed by atoms with Crippen molar-refractivity contribution in [3.63, 3.8) is 0 Å². The van der Waals surface area contributed by atoms with Crippen LogP contribution >= 0.6 is 23.2 Å². The van der Waals surface area contributed by atoms with Crippen LogP contribution in [0.1, 0.15) is 37.0 Å². The van der Waals surface area contributed by atoms with E-state index in [1.807, 2.05) is 4.90 Å². The molecule has 0 radical (unpaired) electrons. The van der Waals surface area contributed by atoms with Crippen LogP contribution in [0.2, 0.25) is 10.2 Å². The van der Waals surface area contributed by atoms with Crippen molar-refractivity contribution in [2.24, 2.45) is 5.41 Å². The minimum absolute atomic E-state index is 0.0583. The lowest BCUT2D eigenvalue weighted by Gasteiger charge is -2.38. The Bertz CT molecular complexity index is 474. The van der Waals surface area contributed by atoms with Gasteiger partial charge in [-0.2, -0.15) is 0 Å². The molecular formula is C13H16Cl2N2O. The molecule has 3 nitrogen and oxygen atoms in total. The van der Waals surface area contributed by atoms with Gasteiger partial charge in [-0.1, -0.05) is 37.0 Å². The third-order valence-corrected chi connectivity index (χ3v) is 3.75. The Labute approximate surface area is 117 Å². The van der Waals surface area contributed by atoms with Crippen molar-refractivity contribution in [1.29, 1.82) is 0 Å². The first kappa shape index (κ1) is 13.6. The number of likely N-dealkylation sites (tertiary alicyclic amines) is 1. The second kappa shape index (κ2) is 5.06. The maximum absolute atomic E-state index is 12.4. The van der Waals surface area contributed by atoms with Crippen molar-refractivity contribution in [3.05, 3.63) is 28.0 Å². The molecule has 18 heavy (non-hydrogen) atoms. The van der Waals surface area contributed by atoms with Crippen molar-refractivity contribution in [3.8, 4) is 0 Å². The largest absolute Gasteiger partial charge is 0.338 e. The monoisotopic (exact) mass is 286 g/mol. The van der Waals surface area contributed by atoms with Crippen LogP contribution in [0.25, 0.3) is 0 Å². The van der Waals surface area contributed by atoms with Gasteiger partial charge in [0.15, 0.2) is 0 Å². The van der Waals surface area contributed by atoms with E-state index in [4.69, 9.17) is 23.2 Å². The van der Waals surface area contributed by atoms with Gasteiger partial charge in [-0.05, 0) is 24.3 Å². The molecule has 2 rings (SSSR count). The van der Waals surface area contributed by atoms with E-state index >= 15 is 0 Å². The lowest BCUT2D eigenvalue weighted by atomic mass is 9.84. The Morgan fingerprint density at radius 3 is 2.83 bits per heavy atom. The fourth-order valence-electron chi connectivity index (χ4n) is 2.34. The van der Waals surface area contributed by atoms with Gasteiger partial charge < -0.3 is 4.90 Å². The summed E-state index contributed by atoms with van der Waals surface area (Å²) in [5, 5.41) is 0.645. The average molecular weight is 287 g/mol. The van der Waals surface area contributed by atoms with E-state index in [2.05, 4.69) is 18.8 Å². The summed E-state index contributed by atoms with van der Waals surface area (Å²) in [7, 11) is 0. The van der Waals surface area contributed by atoms with E-state index in [1.165, 1.54) is 12.3 Å². The number of aromatic nitrogens is 1. The lowest BCUT2D eigenvalue weighted by molar-refractivity contribution is 0.0583. The highest BCUT2D eigenvalue weighted by Crippen LogP contribution is 2.30. The molecule has 1 fully saturated rings. The van der Waals surface area contributed by atoms with Crippen molar-refractivity contribution < 1.29 is 4.79 Å². The van der Waals surface area contributed by atoms with Crippen LogP contribution in [0.15, 0.2) is 12.3 Å². The van der Waals surface area contributed by atoms with Crippen LogP contribution in [-0.4, -0.2) is 28.9 Å². The number of rotatable bonds is 1. The number of carbonyl (C=O) groups is 1. The van der Waals surface area contributed by atoms with Gasteiger partial charge in [0.2, 0.25) is 0 Å². The molecule has 0 unspecified atom stereocenters. The molecule has 1 aromatic heterocycles. The molecule has 0 atom stereocenters. The van der Waals surface area contributed by atoms with Gasteiger partial charge in [-0.3, -0.25) is 4.79 Å². The topological polar surface area (TPSA) is 33.2 Å². The molecule has 1 saturated heterocycles. The molecule has 0 N–H and O–H groups in total. The number of piperidine rings is 1. The summed E-state index contributed by atoms with van der Waals surface area (Å²) in [6.45, 7) is 5.88. The van der Waals surface area contributed by atoms with Gasteiger partial charge >= 0.3 is 0 Å². The Hall–Kier alpha value is -0.800. The molecule has 0 aliphatic carbocycles. The van der Waals surface area contributed by atoms with E-state index in [9.17, 15) is 4.79 Å². The number of amides is 1. The zero-order valence-electron chi connectivity index (χ0n) is 10.5. The number of nitrogens with zero attached hydrogens (tertiary/aromatic N) is 2. The first-order chi connectivity index (χ1) is 8.39. The summed E-state index contributed by atoms with van der Waals surface area (Å²) < 4.78 is 0. The highest BCUT2D eigenvalue weighted by molar-refractivity contribution is 6.35. The Morgan fingerprint density at radius 1 is 1.44 bits per heavy atom. The predicted octanol–water partition coefficient (Wildman–Crippen LogP) is 3.65. The first-order valence-electron chi connectivity index (χ1n) is 5.99. The third-order valence-electron chi connectivity index (χ3n) is 3.24. The zero-order valence-corrected chi connectivity index (χ0v) is 12.1. The first-order valence-corrected chi connectivity index (χ1v) is 6.75. The van der Waals surface area contributed by atoms with Gasteiger partial charge in [0.25, 0.3) is 5.91 Å². The Balaban J connectivity index is 2.23. The van der Waals surface area contributed by atoms with Crippen molar-refractivity contribution in [2.75, 3.05) is 13.1 Å². The standard InChI is InChI=1S/C13H16Cl2N2O/c1-13(2)4-3-5-17(8-13)12(18)9-6-11(15)16-7-10(9)14/h6-7H,3-5,8H2,1-2H3. The van der Waals surface area contributed by atoms with Crippen LogP contribution in [0.5, 0.6) is 0 Å². The van der Waals surface area contributed by atoms with Gasteiger partial charge in [0.05, 0.1) is 10.6 Å². The van der Waals surface area contributed by atoms with E-state index in [0.717, 1.165) is 25.9 Å². The molecule has 1 aliphatic rings. The van der Waals surface area contributed by atoms with Crippen LogP contribution in [0.3, 0.4) is 0 Å². The smallest absolute Gasteiger partial charge is 0.255 e. The molecule has 98 valence electrons. The minimum atomic E-state index is -0.0583. The minimum Gasteiger partial charge on any atom is -0.338 e. The van der Waals surface area contributed by atoms with Gasteiger partial charge in [0, 0.05) is 19.3 Å². The summed E-state index contributed by atoms with van der Waals surface area (Å²) in [6, 6.07) is 1.54. The van der Waals surface area contributed by atoms with Crippen LogP contribution in [0.4, 0.5) is 0 Å². The molecule has 0 bridgehead atoms. The molecule has 1 aromatic rings. The van der Waals surface area contributed by atoms with E-state index in [0.29, 0.717) is 15.7 Å². The zero-order chi connectivity index (χ0) is 13.3. The lowest BCUT2D eigenvalue weighted by Crippen LogP contribution is -2.43. The highest BCUT2D eigenvalue weighted by Gasteiger charge is 2.30. The summed E-state index contributed by atoms with van der Waals surface area (Å²) >= 11 is 11.8. The van der Waals surface area contributed by atoms with Crippen molar-refractivity contribution in [2.45, 2.75) is 26.7 Å². The molecule has 0 saturated carbocycles. The van der Waals surface area contributed by atoms with Gasteiger partial charge in [-0.15, -0.1) is 0 Å². The van der Waals surface area contributed by atoms with E-state index in [1.54, 1.807) is 0 Å². The predicted molar refractivity (Wildman–Crippen MR) is 73.2 cm³/mol. The van der Waals surface area contributed by atoms with Crippen LogP contribution in [-0.2, 0) is 0 Å². The number of hydrogen-bond acceptors (Lipinski definition) is 2. The fraction of sp³-hybridized carbons (Fsp3) is 0.538. The summed E-state index contributed by atoms with van der Waals surface area (Å²) in [4.78, 5) is 18.1. The average Bonchev–Trinajstić information content (AvgIpc) is 2.30. The quantitative estimate of drug-likeness (QED) is 0.739.